The molecular formula is C36H45FN4O2. The van der Waals surface area contributed by atoms with Gasteiger partial charge in [-0.2, -0.15) is 5.26 Å². The molecule has 3 aromatic rings. The van der Waals surface area contributed by atoms with E-state index in [-0.39, 0.29) is 11.2 Å². The van der Waals surface area contributed by atoms with Gasteiger partial charge in [0, 0.05) is 13.0 Å². The summed E-state index contributed by atoms with van der Waals surface area (Å²) in [6, 6.07) is 16.6. The van der Waals surface area contributed by atoms with Crippen molar-refractivity contribution in [3.63, 3.8) is 0 Å². The summed E-state index contributed by atoms with van der Waals surface area (Å²) >= 11 is 0. The van der Waals surface area contributed by atoms with Gasteiger partial charge in [0.25, 0.3) is 0 Å². The number of aliphatic imine (C=N–C) groups is 1. The molecule has 7 heteroatoms. The van der Waals surface area contributed by atoms with Crippen molar-refractivity contribution in [3.05, 3.63) is 98.9 Å². The molecule has 0 spiro atoms. The quantitative estimate of drug-likeness (QED) is 0.325. The molecule has 43 heavy (non-hydrogen) atoms. The molecule has 2 aliphatic rings. The number of phenolic OH excluding ortho intramolecular Hbond substituents is 1. The molecule has 0 amide bonds. The van der Waals surface area contributed by atoms with Crippen molar-refractivity contribution in [2.45, 2.75) is 71.5 Å². The van der Waals surface area contributed by atoms with Gasteiger partial charge in [0.1, 0.15) is 23.0 Å². The van der Waals surface area contributed by atoms with E-state index in [4.69, 9.17) is 10.00 Å². The van der Waals surface area contributed by atoms with Crippen LogP contribution in [-0.4, -0.2) is 49.6 Å². The van der Waals surface area contributed by atoms with Crippen LogP contribution in [0.25, 0.3) is 0 Å². The Morgan fingerprint density at radius 1 is 1.12 bits per heavy atom. The molecule has 2 heterocycles. The van der Waals surface area contributed by atoms with Crippen molar-refractivity contribution in [1.82, 2.24) is 10.2 Å². The molecule has 2 aliphatic heterocycles. The average molecular weight is 585 g/mol. The number of aryl methyl sites for hydroxylation is 1. The standard InChI is InChI=1S/C20H21FN2O.C16H24N2O/c1-23(2)11-3-10-20(17-5-7-18(21)8-6-17)19-9-4-15(13-22)12-16(19)14-24-20;1-10-8-13(16(3,4)5)15(19)11(2)12(10)9-14-17-6-7-18-14/h4-9,12H,3,10-11,14H2,1-2H3;8,19H,6-7,9H2,1-5H3,(H,17,18). The second kappa shape index (κ2) is 13.3. The van der Waals surface area contributed by atoms with Crippen molar-refractivity contribution in [3.8, 4) is 11.8 Å². The smallest absolute Gasteiger partial charge is 0.123 e. The summed E-state index contributed by atoms with van der Waals surface area (Å²) in [6.07, 6.45) is 2.56. The first-order valence-electron chi connectivity index (χ1n) is 15.0. The lowest BCUT2D eigenvalue weighted by Crippen LogP contribution is -2.28. The summed E-state index contributed by atoms with van der Waals surface area (Å²) < 4.78 is 19.6. The van der Waals surface area contributed by atoms with Crippen LogP contribution in [0, 0.1) is 31.0 Å². The minimum Gasteiger partial charge on any atom is -0.507 e. The Hall–Kier alpha value is -3.73. The van der Waals surface area contributed by atoms with Crippen LogP contribution < -0.4 is 5.32 Å². The van der Waals surface area contributed by atoms with Gasteiger partial charge in [-0.15, -0.1) is 0 Å². The van der Waals surface area contributed by atoms with Crippen LogP contribution in [0.4, 0.5) is 4.39 Å². The minimum atomic E-state index is -0.562. The topological polar surface area (TPSA) is 80.9 Å². The number of phenols is 1. The molecule has 228 valence electrons. The fraction of sp³-hybridized carbons (Fsp3) is 0.444. The number of amidine groups is 1. The van der Waals surface area contributed by atoms with Gasteiger partial charge in [0.2, 0.25) is 0 Å². The number of aromatic hydroxyl groups is 1. The summed E-state index contributed by atoms with van der Waals surface area (Å²) in [6.45, 7) is 13.7. The molecule has 0 aromatic heterocycles. The Bertz CT molecular complexity index is 1520. The summed E-state index contributed by atoms with van der Waals surface area (Å²) in [4.78, 5) is 6.58. The second-order valence-corrected chi connectivity index (χ2v) is 12.9. The lowest BCUT2D eigenvalue weighted by atomic mass is 9.81. The Kier molecular flexibility index (Phi) is 9.94. The first-order valence-corrected chi connectivity index (χ1v) is 15.0. The molecule has 2 N–H and O–H groups in total. The molecule has 0 radical (unpaired) electrons. The van der Waals surface area contributed by atoms with Crippen molar-refractivity contribution >= 4 is 5.84 Å². The normalized spacial score (nSPS) is 17.5. The third kappa shape index (κ3) is 7.26. The van der Waals surface area contributed by atoms with Gasteiger partial charge in [0.15, 0.2) is 0 Å². The maximum Gasteiger partial charge on any atom is 0.123 e. The van der Waals surface area contributed by atoms with E-state index >= 15 is 0 Å². The largest absolute Gasteiger partial charge is 0.507 e. The summed E-state index contributed by atoms with van der Waals surface area (Å²) in [5.74, 6) is 1.22. The van der Waals surface area contributed by atoms with Gasteiger partial charge < -0.3 is 20.1 Å². The molecule has 0 fully saturated rings. The highest BCUT2D eigenvalue weighted by atomic mass is 19.1. The first kappa shape index (κ1) is 32.2. The minimum absolute atomic E-state index is 0.0404. The number of benzene rings is 3. The van der Waals surface area contributed by atoms with E-state index in [9.17, 15) is 9.50 Å². The fourth-order valence-electron chi connectivity index (χ4n) is 6.00. The average Bonchev–Trinajstić information content (AvgIpc) is 3.61. The van der Waals surface area contributed by atoms with E-state index in [1.165, 1.54) is 23.3 Å². The Labute approximate surface area is 256 Å². The SMILES string of the molecule is CN(C)CCCC1(c2ccc(F)cc2)OCc2cc(C#N)ccc21.Cc1cc(C(C)(C)C)c(O)c(C)c1CC1=NCCN1. The molecule has 3 aromatic carbocycles. The van der Waals surface area contributed by atoms with Crippen molar-refractivity contribution in [2.75, 3.05) is 33.7 Å². The van der Waals surface area contributed by atoms with E-state index < -0.39 is 5.60 Å². The van der Waals surface area contributed by atoms with Gasteiger partial charge in [0.05, 0.1) is 24.8 Å². The summed E-state index contributed by atoms with van der Waals surface area (Å²) in [5, 5.41) is 22.9. The van der Waals surface area contributed by atoms with E-state index in [0.29, 0.717) is 17.9 Å². The number of nitrogens with one attached hydrogen (secondary N) is 1. The maximum atomic E-state index is 13.4. The Morgan fingerprint density at radius 3 is 2.44 bits per heavy atom. The van der Waals surface area contributed by atoms with Crippen LogP contribution in [-0.2, 0) is 28.8 Å². The molecule has 0 saturated heterocycles. The van der Waals surface area contributed by atoms with Crippen molar-refractivity contribution < 1.29 is 14.2 Å². The molecule has 1 atom stereocenters. The second-order valence-electron chi connectivity index (χ2n) is 12.9. The van der Waals surface area contributed by atoms with Crippen LogP contribution in [0.15, 0.2) is 53.5 Å². The molecule has 0 bridgehead atoms. The van der Waals surface area contributed by atoms with E-state index in [1.807, 2.05) is 39.2 Å². The van der Waals surface area contributed by atoms with Crippen molar-refractivity contribution in [1.29, 1.82) is 5.26 Å². The van der Waals surface area contributed by atoms with Gasteiger partial charge in [-0.05, 0) is 116 Å². The maximum absolute atomic E-state index is 13.4. The van der Waals surface area contributed by atoms with E-state index in [0.717, 1.165) is 72.5 Å². The molecule has 5 rings (SSSR count). The fourth-order valence-corrected chi connectivity index (χ4v) is 6.00. The zero-order chi connectivity index (χ0) is 31.4. The van der Waals surface area contributed by atoms with Crippen LogP contribution in [0.1, 0.15) is 78.1 Å². The molecule has 0 saturated carbocycles. The van der Waals surface area contributed by atoms with Crippen LogP contribution in [0.2, 0.25) is 0 Å². The predicted molar refractivity (Wildman–Crippen MR) is 171 cm³/mol. The number of ether oxygens (including phenoxy) is 1. The van der Waals surface area contributed by atoms with Gasteiger partial charge >= 0.3 is 0 Å². The third-order valence-electron chi connectivity index (χ3n) is 8.38. The van der Waals surface area contributed by atoms with Crippen molar-refractivity contribution in [2.24, 2.45) is 4.99 Å². The molecule has 1 unspecified atom stereocenters. The Balaban J connectivity index is 0.000000203. The number of nitrogens with zero attached hydrogens (tertiary/aromatic N) is 3. The molecule has 6 nitrogen and oxygen atoms in total. The number of halogens is 1. The number of rotatable bonds is 7. The lowest BCUT2D eigenvalue weighted by Gasteiger charge is -2.31. The number of hydrogen-bond acceptors (Lipinski definition) is 6. The van der Waals surface area contributed by atoms with Crippen LogP contribution in [0.5, 0.6) is 5.75 Å². The predicted octanol–water partition coefficient (Wildman–Crippen LogP) is 6.66. The van der Waals surface area contributed by atoms with Gasteiger partial charge in [-0.1, -0.05) is 45.0 Å². The highest BCUT2D eigenvalue weighted by Crippen LogP contribution is 2.45. The first-order chi connectivity index (χ1) is 20.4. The van der Waals surface area contributed by atoms with Gasteiger partial charge in [-0.3, -0.25) is 4.99 Å². The zero-order valence-electron chi connectivity index (χ0n) is 26.6. The number of nitriles is 1. The van der Waals surface area contributed by atoms with Crippen LogP contribution in [0.3, 0.4) is 0 Å². The summed E-state index contributed by atoms with van der Waals surface area (Å²) in [7, 11) is 4.10. The van der Waals surface area contributed by atoms with E-state index in [2.05, 4.69) is 55.0 Å². The molecule has 0 aliphatic carbocycles. The van der Waals surface area contributed by atoms with E-state index in [1.54, 1.807) is 12.1 Å². The van der Waals surface area contributed by atoms with Gasteiger partial charge in [-0.25, -0.2) is 4.39 Å². The number of hydrogen-bond donors (Lipinski definition) is 2. The molecular weight excluding hydrogens is 539 g/mol. The summed E-state index contributed by atoms with van der Waals surface area (Å²) in [5.41, 5.74) is 7.57. The van der Waals surface area contributed by atoms with Crippen LogP contribution >= 0.6 is 0 Å². The lowest BCUT2D eigenvalue weighted by molar-refractivity contribution is -0.0140. The monoisotopic (exact) mass is 584 g/mol. The Morgan fingerprint density at radius 2 is 1.84 bits per heavy atom. The third-order valence-corrected chi connectivity index (χ3v) is 8.38. The highest BCUT2D eigenvalue weighted by Gasteiger charge is 2.41. The zero-order valence-corrected chi connectivity index (χ0v) is 26.6. The highest BCUT2D eigenvalue weighted by molar-refractivity contribution is 5.86. The number of fused-ring (bicyclic) bond motifs is 1.